The van der Waals surface area contributed by atoms with E-state index in [1.54, 1.807) is 0 Å². The molecule has 1 unspecified atom stereocenters. The van der Waals surface area contributed by atoms with Gasteiger partial charge in [-0.2, -0.15) is 0 Å². The van der Waals surface area contributed by atoms with Gasteiger partial charge in [0, 0.05) is 24.5 Å². The Hall–Kier alpha value is -0.570. The maximum Gasteiger partial charge on any atom is 0.228 e. The third kappa shape index (κ3) is 2.67. The lowest BCUT2D eigenvalue weighted by molar-refractivity contribution is -0.142. The fourth-order valence-electron chi connectivity index (χ4n) is 4.37. The van der Waals surface area contributed by atoms with E-state index in [0.29, 0.717) is 5.91 Å². The van der Waals surface area contributed by atoms with Crippen molar-refractivity contribution in [1.82, 2.24) is 10.2 Å². The molecule has 0 aromatic carbocycles. The van der Waals surface area contributed by atoms with Crippen LogP contribution in [0.1, 0.15) is 58.3 Å². The molecule has 3 aliphatic rings. The molecule has 3 heteroatoms. The molecule has 1 aliphatic carbocycles. The van der Waals surface area contributed by atoms with Gasteiger partial charge < -0.3 is 10.2 Å². The number of likely N-dealkylation sites (tertiary alicyclic amines) is 1. The van der Waals surface area contributed by atoms with Crippen LogP contribution in [0, 0.1) is 11.3 Å². The third-order valence-corrected chi connectivity index (χ3v) is 5.72. The summed E-state index contributed by atoms with van der Waals surface area (Å²) in [5.41, 5.74) is -0.0293. The van der Waals surface area contributed by atoms with Crippen molar-refractivity contribution in [2.45, 2.75) is 64.3 Å². The van der Waals surface area contributed by atoms with Gasteiger partial charge in [0.25, 0.3) is 0 Å². The topological polar surface area (TPSA) is 32.3 Å². The van der Waals surface area contributed by atoms with Crippen molar-refractivity contribution in [3.63, 3.8) is 0 Å². The van der Waals surface area contributed by atoms with Crippen molar-refractivity contribution in [3.05, 3.63) is 0 Å². The third-order valence-electron chi connectivity index (χ3n) is 5.72. The molecule has 0 radical (unpaired) electrons. The lowest BCUT2D eigenvalue weighted by Gasteiger charge is -2.38. The Morgan fingerprint density at radius 2 is 1.79 bits per heavy atom. The summed E-state index contributed by atoms with van der Waals surface area (Å²) in [5.74, 6) is 1.26. The van der Waals surface area contributed by atoms with Crippen LogP contribution in [0.2, 0.25) is 0 Å². The van der Waals surface area contributed by atoms with E-state index >= 15 is 0 Å². The molecule has 3 rings (SSSR count). The minimum atomic E-state index is -0.0293. The molecule has 2 aliphatic heterocycles. The summed E-state index contributed by atoms with van der Waals surface area (Å²) in [6.45, 7) is 5.38. The number of carbonyl (C=O) groups excluding carboxylic acids is 1. The first-order valence-corrected chi connectivity index (χ1v) is 8.22. The van der Waals surface area contributed by atoms with Crippen LogP contribution in [0.15, 0.2) is 0 Å². The normalized spacial score (nSPS) is 31.8. The van der Waals surface area contributed by atoms with E-state index < -0.39 is 0 Å². The summed E-state index contributed by atoms with van der Waals surface area (Å²) in [6.07, 6.45) is 9.79. The van der Waals surface area contributed by atoms with E-state index in [9.17, 15) is 4.79 Å². The summed E-state index contributed by atoms with van der Waals surface area (Å²) in [4.78, 5) is 14.8. The summed E-state index contributed by atoms with van der Waals surface area (Å²) < 4.78 is 0. The first-order chi connectivity index (χ1) is 9.19. The number of rotatable bonds is 2. The molecule has 0 bridgehead atoms. The van der Waals surface area contributed by atoms with Crippen molar-refractivity contribution in [2.24, 2.45) is 11.3 Å². The van der Waals surface area contributed by atoms with Crippen LogP contribution in [-0.4, -0.2) is 36.5 Å². The zero-order chi connectivity index (χ0) is 13.3. The highest BCUT2D eigenvalue weighted by Crippen LogP contribution is 2.40. The number of hydrogen-bond donors (Lipinski definition) is 1. The Balaban J connectivity index is 1.53. The molecular weight excluding hydrogens is 236 g/mol. The van der Waals surface area contributed by atoms with Crippen LogP contribution in [0.25, 0.3) is 0 Å². The quantitative estimate of drug-likeness (QED) is 0.831. The van der Waals surface area contributed by atoms with Gasteiger partial charge in [-0.05, 0) is 51.0 Å². The van der Waals surface area contributed by atoms with Gasteiger partial charge in [0.15, 0.2) is 0 Å². The van der Waals surface area contributed by atoms with E-state index in [0.717, 1.165) is 37.9 Å². The van der Waals surface area contributed by atoms with E-state index in [1.165, 1.54) is 45.1 Å². The first kappa shape index (κ1) is 13.4. The van der Waals surface area contributed by atoms with Gasteiger partial charge in [0.1, 0.15) is 0 Å². The van der Waals surface area contributed by atoms with Crippen LogP contribution in [-0.2, 0) is 4.79 Å². The molecule has 0 aromatic rings. The van der Waals surface area contributed by atoms with Crippen molar-refractivity contribution >= 4 is 5.91 Å². The molecule has 3 fully saturated rings. The number of piperidine rings is 1. The molecule has 1 saturated carbocycles. The zero-order valence-corrected chi connectivity index (χ0v) is 12.3. The van der Waals surface area contributed by atoms with Crippen molar-refractivity contribution in [1.29, 1.82) is 0 Å². The Morgan fingerprint density at radius 3 is 2.37 bits per heavy atom. The monoisotopic (exact) mass is 264 g/mol. The molecule has 2 heterocycles. The minimum Gasteiger partial charge on any atom is -0.342 e. The average Bonchev–Trinajstić information content (AvgIpc) is 3.10. The fourth-order valence-corrected chi connectivity index (χ4v) is 4.37. The molecule has 2 saturated heterocycles. The molecule has 1 N–H and O–H groups in total. The number of nitrogens with zero attached hydrogens (tertiary/aromatic N) is 1. The lowest BCUT2D eigenvalue weighted by atomic mass is 9.84. The van der Waals surface area contributed by atoms with Crippen molar-refractivity contribution < 1.29 is 4.79 Å². The summed E-state index contributed by atoms with van der Waals surface area (Å²) in [5, 5.41) is 3.63. The van der Waals surface area contributed by atoms with Gasteiger partial charge in [0.2, 0.25) is 5.91 Å². The summed E-state index contributed by atoms with van der Waals surface area (Å²) in [7, 11) is 0. The molecule has 19 heavy (non-hydrogen) atoms. The molecule has 108 valence electrons. The first-order valence-electron chi connectivity index (χ1n) is 8.22. The zero-order valence-electron chi connectivity index (χ0n) is 12.3. The Labute approximate surface area is 117 Å². The van der Waals surface area contributed by atoms with Crippen LogP contribution >= 0.6 is 0 Å². The number of nitrogens with one attached hydrogen (secondary N) is 1. The minimum absolute atomic E-state index is 0.0293. The van der Waals surface area contributed by atoms with Gasteiger partial charge in [-0.15, -0.1) is 0 Å². The molecule has 1 atom stereocenters. The van der Waals surface area contributed by atoms with Crippen LogP contribution < -0.4 is 5.32 Å². The average molecular weight is 264 g/mol. The second-order valence-corrected chi connectivity index (χ2v) is 7.10. The molecular formula is C16H28N2O. The van der Waals surface area contributed by atoms with Crippen LogP contribution in [0.5, 0.6) is 0 Å². The SMILES string of the molecule is CC1(C(=O)N2CCC(C3CCCN3)CC2)CCCC1. The molecule has 3 nitrogen and oxygen atoms in total. The van der Waals surface area contributed by atoms with Crippen LogP contribution in [0.4, 0.5) is 0 Å². The standard InChI is InChI=1S/C16H28N2O/c1-16(8-2-3-9-16)15(19)18-11-6-13(7-12-18)14-5-4-10-17-14/h13-14,17H,2-12H2,1H3. The van der Waals surface area contributed by atoms with E-state index in [-0.39, 0.29) is 5.41 Å². The van der Waals surface area contributed by atoms with Crippen LogP contribution in [0.3, 0.4) is 0 Å². The second-order valence-electron chi connectivity index (χ2n) is 7.10. The number of amides is 1. The molecule has 0 spiro atoms. The Kier molecular flexibility index (Phi) is 3.84. The number of carbonyl (C=O) groups is 1. The van der Waals surface area contributed by atoms with Gasteiger partial charge in [-0.3, -0.25) is 4.79 Å². The van der Waals surface area contributed by atoms with Gasteiger partial charge in [-0.1, -0.05) is 19.8 Å². The maximum atomic E-state index is 12.7. The van der Waals surface area contributed by atoms with Gasteiger partial charge in [0.05, 0.1) is 0 Å². The molecule has 0 aromatic heterocycles. The summed E-state index contributed by atoms with van der Waals surface area (Å²) in [6, 6.07) is 0.735. The predicted molar refractivity (Wildman–Crippen MR) is 76.9 cm³/mol. The molecule has 1 amide bonds. The highest BCUT2D eigenvalue weighted by atomic mass is 16.2. The second kappa shape index (κ2) is 5.43. The predicted octanol–water partition coefficient (Wildman–Crippen LogP) is 2.56. The Morgan fingerprint density at radius 1 is 1.11 bits per heavy atom. The fraction of sp³-hybridized carbons (Fsp3) is 0.938. The summed E-state index contributed by atoms with van der Waals surface area (Å²) >= 11 is 0. The van der Waals surface area contributed by atoms with Gasteiger partial charge in [-0.25, -0.2) is 0 Å². The lowest BCUT2D eigenvalue weighted by Crippen LogP contribution is -2.47. The van der Waals surface area contributed by atoms with E-state index in [1.807, 2.05) is 0 Å². The smallest absolute Gasteiger partial charge is 0.228 e. The van der Waals surface area contributed by atoms with Crippen molar-refractivity contribution in [3.8, 4) is 0 Å². The maximum absolute atomic E-state index is 12.7. The Bertz CT molecular complexity index is 322. The number of hydrogen-bond acceptors (Lipinski definition) is 2. The van der Waals surface area contributed by atoms with Crippen molar-refractivity contribution in [2.75, 3.05) is 19.6 Å². The highest BCUT2D eigenvalue weighted by Gasteiger charge is 2.40. The van der Waals surface area contributed by atoms with Gasteiger partial charge >= 0.3 is 0 Å². The van der Waals surface area contributed by atoms with E-state index in [4.69, 9.17) is 0 Å². The van der Waals surface area contributed by atoms with E-state index in [2.05, 4.69) is 17.1 Å². The highest BCUT2D eigenvalue weighted by molar-refractivity contribution is 5.82. The largest absolute Gasteiger partial charge is 0.342 e.